The van der Waals surface area contributed by atoms with E-state index < -0.39 is 0 Å². The van der Waals surface area contributed by atoms with Gasteiger partial charge in [-0.3, -0.25) is 15.6 Å². The zero-order chi connectivity index (χ0) is 12.1. The summed E-state index contributed by atoms with van der Waals surface area (Å²) in [5.41, 5.74) is 5.31. The zero-order valence-corrected chi connectivity index (χ0v) is 11.6. The molecule has 0 atom stereocenters. The number of benzene rings is 1. The fraction of sp³-hybridized carbons (Fsp3) is 0.111. The number of halogens is 1. The second-order valence-corrected chi connectivity index (χ2v) is 4.74. The molecule has 0 heterocycles. The molecule has 0 saturated heterocycles. The third kappa shape index (κ3) is 3.66. The SMILES string of the molecule is COc1ccc(C(=O)NNC(=S)S)c(Br)c1. The van der Waals surface area contributed by atoms with Crippen LogP contribution in [-0.4, -0.2) is 17.3 Å². The maximum atomic E-state index is 11.6. The van der Waals surface area contributed by atoms with E-state index in [9.17, 15) is 4.79 Å². The molecule has 0 fully saturated rings. The molecule has 0 unspecified atom stereocenters. The highest BCUT2D eigenvalue weighted by Crippen LogP contribution is 2.22. The van der Waals surface area contributed by atoms with Gasteiger partial charge in [-0.1, -0.05) is 12.2 Å². The Morgan fingerprint density at radius 1 is 1.50 bits per heavy atom. The number of nitrogens with one attached hydrogen (secondary N) is 2. The molecule has 0 aliphatic rings. The summed E-state index contributed by atoms with van der Waals surface area (Å²) in [5.74, 6) is 0.354. The smallest absolute Gasteiger partial charge is 0.270 e. The number of rotatable bonds is 2. The van der Waals surface area contributed by atoms with E-state index in [4.69, 9.17) is 4.74 Å². The summed E-state index contributed by atoms with van der Waals surface area (Å²) in [6.45, 7) is 0. The Kier molecular flexibility index (Phi) is 5.04. The van der Waals surface area contributed by atoms with Gasteiger partial charge in [0.25, 0.3) is 5.91 Å². The number of hydrazine groups is 1. The number of thiocarbonyl (C=S) groups is 1. The number of amides is 1. The Balaban J connectivity index is 2.79. The maximum absolute atomic E-state index is 11.6. The number of carbonyl (C=O) groups excluding carboxylic acids is 1. The van der Waals surface area contributed by atoms with Gasteiger partial charge >= 0.3 is 0 Å². The summed E-state index contributed by atoms with van der Waals surface area (Å²) in [4.78, 5) is 11.6. The molecule has 1 aromatic rings. The van der Waals surface area contributed by atoms with Crippen molar-refractivity contribution in [3.63, 3.8) is 0 Å². The fourth-order valence-corrected chi connectivity index (χ4v) is 1.63. The minimum atomic E-state index is -0.314. The van der Waals surface area contributed by atoms with E-state index in [0.29, 0.717) is 15.8 Å². The lowest BCUT2D eigenvalue weighted by atomic mass is 10.2. The molecule has 0 radical (unpaired) electrons. The molecule has 0 saturated carbocycles. The lowest BCUT2D eigenvalue weighted by Crippen LogP contribution is -2.38. The van der Waals surface area contributed by atoms with Crippen molar-refractivity contribution in [2.24, 2.45) is 0 Å². The van der Waals surface area contributed by atoms with Crippen molar-refractivity contribution in [3.8, 4) is 5.75 Å². The zero-order valence-electron chi connectivity index (χ0n) is 8.28. The molecule has 0 aliphatic heterocycles. The van der Waals surface area contributed by atoms with Crippen molar-refractivity contribution in [1.29, 1.82) is 0 Å². The maximum Gasteiger partial charge on any atom is 0.270 e. The minimum Gasteiger partial charge on any atom is -0.497 e. The van der Waals surface area contributed by atoms with Crippen LogP contribution in [-0.2, 0) is 0 Å². The third-order valence-corrected chi connectivity index (χ3v) is 2.57. The summed E-state index contributed by atoms with van der Waals surface area (Å²) in [7, 11) is 1.56. The van der Waals surface area contributed by atoms with Crippen molar-refractivity contribution in [2.45, 2.75) is 0 Å². The van der Waals surface area contributed by atoms with Gasteiger partial charge in [0.2, 0.25) is 0 Å². The normalized spacial score (nSPS) is 9.44. The Morgan fingerprint density at radius 3 is 2.69 bits per heavy atom. The van der Waals surface area contributed by atoms with E-state index in [2.05, 4.69) is 51.6 Å². The van der Waals surface area contributed by atoms with E-state index in [0.717, 1.165) is 0 Å². The first kappa shape index (κ1) is 13.3. The van der Waals surface area contributed by atoms with Gasteiger partial charge in [-0.05, 0) is 34.1 Å². The number of carbonyl (C=O) groups is 1. The molecule has 2 N–H and O–H groups in total. The van der Waals surface area contributed by atoms with Gasteiger partial charge in [0, 0.05) is 4.47 Å². The first-order chi connectivity index (χ1) is 7.54. The standard InChI is InChI=1S/C9H9BrN2O2S2/c1-14-5-2-3-6(7(10)4-5)8(13)11-12-9(15)16/h2-4H,1H3,(H,11,13)(H2,12,15,16). The Morgan fingerprint density at radius 2 is 2.19 bits per heavy atom. The highest BCUT2D eigenvalue weighted by molar-refractivity contribution is 9.10. The highest BCUT2D eigenvalue weighted by Gasteiger charge is 2.10. The van der Waals surface area contributed by atoms with Crippen LogP contribution in [0, 0.1) is 0 Å². The Hall–Kier alpha value is -0.790. The molecule has 1 rings (SSSR count). The predicted octanol–water partition coefficient (Wildman–Crippen LogP) is 1.91. The average molecular weight is 321 g/mol. The van der Waals surface area contributed by atoms with Crippen molar-refractivity contribution in [2.75, 3.05) is 7.11 Å². The molecule has 86 valence electrons. The predicted molar refractivity (Wildman–Crippen MR) is 72.9 cm³/mol. The van der Waals surface area contributed by atoms with Crippen LogP contribution in [0.4, 0.5) is 0 Å². The van der Waals surface area contributed by atoms with Crippen molar-refractivity contribution in [1.82, 2.24) is 10.9 Å². The summed E-state index contributed by atoms with van der Waals surface area (Å²) in [6, 6.07) is 5.04. The summed E-state index contributed by atoms with van der Waals surface area (Å²) in [6.07, 6.45) is 0. The molecule has 0 aliphatic carbocycles. The van der Waals surface area contributed by atoms with Crippen molar-refractivity contribution in [3.05, 3.63) is 28.2 Å². The van der Waals surface area contributed by atoms with Gasteiger partial charge in [-0.15, -0.1) is 12.6 Å². The minimum absolute atomic E-state index is 0.193. The van der Waals surface area contributed by atoms with Crippen molar-refractivity contribution >= 4 is 51.0 Å². The van der Waals surface area contributed by atoms with Gasteiger partial charge in [0.1, 0.15) is 10.1 Å². The van der Waals surface area contributed by atoms with Crippen LogP contribution in [0.5, 0.6) is 5.75 Å². The molecular weight excluding hydrogens is 312 g/mol. The first-order valence-corrected chi connectivity index (χ1v) is 5.82. The third-order valence-electron chi connectivity index (χ3n) is 1.70. The number of methoxy groups -OCH3 is 1. The summed E-state index contributed by atoms with van der Waals surface area (Å²) < 4.78 is 5.85. The highest BCUT2D eigenvalue weighted by atomic mass is 79.9. The summed E-state index contributed by atoms with van der Waals surface area (Å²) >= 11 is 11.7. The largest absolute Gasteiger partial charge is 0.497 e. The van der Waals surface area contributed by atoms with Crippen LogP contribution < -0.4 is 15.6 Å². The molecule has 1 aromatic carbocycles. The summed E-state index contributed by atoms with van der Waals surface area (Å²) in [5, 5.41) is 0. The van der Waals surface area contributed by atoms with E-state index in [1.807, 2.05) is 0 Å². The second-order valence-electron chi connectivity index (χ2n) is 2.73. The molecule has 7 heteroatoms. The molecule has 1 amide bonds. The van der Waals surface area contributed by atoms with E-state index in [1.54, 1.807) is 25.3 Å². The fourth-order valence-electron chi connectivity index (χ4n) is 0.985. The van der Waals surface area contributed by atoms with Gasteiger partial charge < -0.3 is 4.74 Å². The average Bonchev–Trinajstić information content (AvgIpc) is 2.25. The monoisotopic (exact) mass is 320 g/mol. The van der Waals surface area contributed by atoms with Crippen LogP contribution in [0.25, 0.3) is 0 Å². The molecule has 0 aromatic heterocycles. The van der Waals surface area contributed by atoms with Crippen LogP contribution in [0.2, 0.25) is 0 Å². The number of ether oxygens (including phenoxy) is 1. The van der Waals surface area contributed by atoms with Crippen LogP contribution in [0.1, 0.15) is 10.4 Å². The van der Waals surface area contributed by atoms with E-state index >= 15 is 0 Å². The van der Waals surface area contributed by atoms with E-state index in [1.165, 1.54) is 0 Å². The van der Waals surface area contributed by atoms with Gasteiger partial charge in [0.05, 0.1) is 12.7 Å². The molecule has 4 nitrogen and oxygen atoms in total. The van der Waals surface area contributed by atoms with Gasteiger partial charge in [-0.25, -0.2) is 0 Å². The first-order valence-electron chi connectivity index (χ1n) is 4.17. The van der Waals surface area contributed by atoms with Crippen molar-refractivity contribution < 1.29 is 9.53 Å². The van der Waals surface area contributed by atoms with Crippen LogP contribution >= 0.6 is 40.8 Å². The van der Waals surface area contributed by atoms with Crippen LogP contribution in [0.15, 0.2) is 22.7 Å². The molecule has 0 spiro atoms. The number of thiol groups is 1. The molecule has 16 heavy (non-hydrogen) atoms. The topological polar surface area (TPSA) is 50.4 Å². The lowest BCUT2D eigenvalue weighted by Gasteiger charge is -2.08. The Labute approximate surface area is 112 Å². The molecule has 0 bridgehead atoms. The quantitative estimate of drug-likeness (QED) is 0.442. The Bertz CT molecular complexity index is 426. The second kappa shape index (κ2) is 6.07. The number of hydrogen-bond donors (Lipinski definition) is 3. The van der Waals surface area contributed by atoms with E-state index in [-0.39, 0.29) is 10.2 Å². The van der Waals surface area contributed by atoms with Gasteiger partial charge in [0.15, 0.2) is 0 Å². The molecular formula is C9H9BrN2O2S2. The number of hydrogen-bond acceptors (Lipinski definition) is 3. The van der Waals surface area contributed by atoms with Gasteiger partial charge in [-0.2, -0.15) is 0 Å². The van der Waals surface area contributed by atoms with Crippen LogP contribution in [0.3, 0.4) is 0 Å². The lowest BCUT2D eigenvalue weighted by molar-refractivity contribution is 0.0944.